The molecule has 2 aromatic rings. The summed E-state index contributed by atoms with van der Waals surface area (Å²) in [6.45, 7) is 6.64. The maximum atomic E-state index is 13.0. The second-order valence-electron chi connectivity index (χ2n) is 10.1. The summed E-state index contributed by atoms with van der Waals surface area (Å²) in [5.74, 6) is -1.88. The Hall–Kier alpha value is -3.61. The van der Waals surface area contributed by atoms with Gasteiger partial charge in [-0.05, 0) is 55.5 Å². The van der Waals surface area contributed by atoms with Crippen molar-refractivity contribution in [2.45, 2.75) is 97.8 Å². The molecule has 1 amide bonds. The van der Waals surface area contributed by atoms with Gasteiger partial charge >= 0.3 is 11.9 Å². The van der Waals surface area contributed by atoms with Gasteiger partial charge in [-0.25, -0.2) is 9.59 Å². The molecule has 0 spiro atoms. The Bertz CT molecular complexity index is 1090. The molecule has 0 bridgehead atoms. The van der Waals surface area contributed by atoms with Gasteiger partial charge in [-0.1, -0.05) is 96.4 Å². The number of carbonyl (C=O) groups is 3. The first kappa shape index (κ1) is 33.6. The number of amides is 1. The lowest BCUT2D eigenvalue weighted by atomic mass is 10.0. The number of anilines is 1. The maximum absolute atomic E-state index is 13.0. The molecule has 7 nitrogen and oxygen atoms in total. The van der Waals surface area contributed by atoms with Crippen LogP contribution in [0.1, 0.15) is 107 Å². The van der Waals surface area contributed by atoms with E-state index in [2.05, 4.69) is 12.2 Å². The van der Waals surface area contributed by atoms with Crippen LogP contribution >= 0.6 is 0 Å². The standard InChI is InChI=1S/C34H47NO6/c1-4-7-10-11-12-13-14-17-27-20-22-28(23-21-27)33(37)35-29-18-15-16-19-30(29)41-31(34(38)40-25-9-6-3)26-32(36)39-24-8-5-2/h15-16,18-23,26H,4-14,17,24-25H2,1-3H3,(H,35,37)/b31-26+. The third kappa shape index (κ3) is 13.5. The highest BCUT2D eigenvalue weighted by Crippen LogP contribution is 2.27. The molecule has 0 radical (unpaired) electrons. The number of benzene rings is 2. The first-order chi connectivity index (χ1) is 20.0. The summed E-state index contributed by atoms with van der Waals surface area (Å²) >= 11 is 0. The maximum Gasteiger partial charge on any atom is 0.374 e. The van der Waals surface area contributed by atoms with E-state index in [0.29, 0.717) is 24.1 Å². The average molecular weight is 566 g/mol. The third-order valence-electron chi connectivity index (χ3n) is 6.56. The van der Waals surface area contributed by atoms with Crippen molar-refractivity contribution in [1.82, 2.24) is 0 Å². The topological polar surface area (TPSA) is 90.9 Å². The van der Waals surface area contributed by atoms with Gasteiger partial charge < -0.3 is 19.5 Å². The van der Waals surface area contributed by atoms with E-state index in [1.165, 1.54) is 44.1 Å². The van der Waals surface area contributed by atoms with Gasteiger partial charge in [0.05, 0.1) is 25.0 Å². The number of carbonyl (C=O) groups excluding carboxylic acids is 3. The molecule has 0 fully saturated rings. The smallest absolute Gasteiger partial charge is 0.374 e. The predicted octanol–water partition coefficient (Wildman–Crippen LogP) is 8.18. The Morgan fingerprint density at radius 3 is 2.00 bits per heavy atom. The molecule has 41 heavy (non-hydrogen) atoms. The molecule has 0 aliphatic rings. The van der Waals surface area contributed by atoms with Crippen molar-refractivity contribution in [3.05, 3.63) is 71.5 Å². The molecule has 0 atom stereocenters. The highest BCUT2D eigenvalue weighted by molar-refractivity contribution is 6.05. The third-order valence-corrected chi connectivity index (χ3v) is 6.56. The van der Waals surface area contributed by atoms with Crippen molar-refractivity contribution in [2.75, 3.05) is 18.5 Å². The van der Waals surface area contributed by atoms with Crippen LogP contribution in [-0.4, -0.2) is 31.1 Å². The first-order valence-electron chi connectivity index (χ1n) is 15.2. The van der Waals surface area contributed by atoms with Crippen molar-refractivity contribution in [3.63, 3.8) is 0 Å². The molecular formula is C34H47NO6. The number of aryl methyl sites for hydroxylation is 1. The number of hydrogen-bond donors (Lipinski definition) is 1. The Kier molecular flexibility index (Phi) is 16.6. The van der Waals surface area contributed by atoms with Gasteiger partial charge in [0.1, 0.15) is 0 Å². The van der Waals surface area contributed by atoms with E-state index in [0.717, 1.165) is 31.8 Å². The van der Waals surface area contributed by atoms with Crippen LogP contribution in [0.4, 0.5) is 5.69 Å². The fourth-order valence-corrected chi connectivity index (χ4v) is 4.06. The number of ether oxygens (including phenoxy) is 3. The van der Waals surface area contributed by atoms with E-state index in [4.69, 9.17) is 14.2 Å². The molecule has 0 aliphatic heterocycles. The molecule has 1 N–H and O–H groups in total. The Morgan fingerprint density at radius 2 is 1.32 bits per heavy atom. The molecule has 224 valence electrons. The lowest BCUT2D eigenvalue weighted by Crippen LogP contribution is -2.18. The minimum atomic E-state index is -0.774. The molecule has 0 unspecified atom stereocenters. The average Bonchev–Trinajstić information content (AvgIpc) is 2.97. The summed E-state index contributed by atoms with van der Waals surface area (Å²) in [5, 5.41) is 2.86. The van der Waals surface area contributed by atoms with E-state index in [-0.39, 0.29) is 30.6 Å². The molecule has 0 aliphatic carbocycles. The van der Waals surface area contributed by atoms with Crippen molar-refractivity contribution in [3.8, 4) is 5.75 Å². The highest BCUT2D eigenvalue weighted by atomic mass is 16.6. The molecule has 0 aromatic heterocycles. The van der Waals surface area contributed by atoms with Crippen LogP contribution in [0.2, 0.25) is 0 Å². The Morgan fingerprint density at radius 1 is 0.707 bits per heavy atom. The van der Waals surface area contributed by atoms with E-state index in [1.807, 2.05) is 38.1 Å². The quantitative estimate of drug-likeness (QED) is 0.0753. The molecular weight excluding hydrogens is 518 g/mol. The second kappa shape index (κ2) is 20.3. The molecule has 0 saturated carbocycles. The number of nitrogens with one attached hydrogen (secondary N) is 1. The van der Waals surface area contributed by atoms with Crippen LogP contribution in [0.3, 0.4) is 0 Å². The van der Waals surface area contributed by atoms with Crippen molar-refractivity contribution >= 4 is 23.5 Å². The number of rotatable bonds is 20. The van der Waals surface area contributed by atoms with Crippen molar-refractivity contribution in [2.24, 2.45) is 0 Å². The van der Waals surface area contributed by atoms with E-state index >= 15 is 0 Å². The number of hydrogen-bond acceptors (Lipinski definition) is 6. The summed E-state index contributed by atoms with van der Waals surface area (Å²) in [6, 6.07) is 14.4. The minimum absolute atomic E-state index is 0.203. The van der Waals surface area contributed by atoms with E-state index in [1.54, 1.807) is 24.3 Å². The summed E-state index contributed by atoms with van der Waals surface area (Å²) in [5.41, 5.74) is 2.08. The summed E-state index contributed by atoms with van der Waals surface area (Å²) in [4.78, 5) is 38.1. The summed E-state index contributed by atoms with van der Waals surface area (Å²) < 4.78 is 16.3. The van der Waals surface area contributed by atoms with Crippen LogP contribution in [-0.2, 0) is 25.5 Å². The van der Waals surface area contributed by atoms with E-state index < -0.39 is 11.9 Å². The minimum Gasteiger partial charge on any atom is -0.462 e. The van der Waals surface area contributed by atoms with Crippen LogP contribution in [0.15, 0.2) is 60.4 Å². The fourth-order valence-electron chi connectivity index (χ4n) is 4.06. The Balaban J connectivity index is 2.04. The predicted molar refractivity (Wildman–Crippen MR) is 163 cm³/mol. The summed E-state index contributed by atoms with van der Waals surface area (Å²) in [7, 11) is 0. The second-order valence-corrected chi connectivity index (χ2v) is 10.1. The number of unbranched alkanes of at least 4 members (excludes halogenated alkanes) is 8. The number of para-hydroxylation sites is 2. The highest BCUT2D eigenvalue weighted by Gasteiger charge is 2.19. The van der Waals surface area contributed by atoms with Crippen molar-refractivity contribution < 1.29 is 28.6 Å². The lowest BCUT2D eigenvalue weighted by molar-refractivity contribution is -0.143. The van der Waals surface area contributed by atoms with Gasteiger partial charge in [0.25, 0.3) is 5.91 Å². The fraction of sp³-hybridized carbons (Fsp3) is 0.500. The zero-order valence-electron chi connectivity index (χ0n) is 25.0. The first-order valence-corrected chi connectivity index (χ1v) is 15.2. The van der Waals surface area contributed by atoms with E-state index in [9.17, 15) is 14.4 Å². The van der Waals surface area contributed by atoms with Gasteiger partial charge in [0, 0.05) is 5.56 Å². The van der Waals surface area contributed by atoms with Crippen molar-refractivity contribution in [1.29, 1.82) is 0 Å². The zero-order valence-corrected chi connectivity index (χ0v) is 25.0. The molecule has 2 rings (SSSR count). The largest absolute Gasteiger partial charge is 0.462 e. The summed E-state index contributed by atoms with van der Waals surface area (Å²) in [6.07, 6.45) is 14.0. The molecule has 7 heteroatoms. The van der Waals surface area contributed by atoms with Crippen LogP contribution < -0.4 is 10.1 Å². The zero-order chi connectivity index (χ0) is 29.7. The van der Waals surface area contributed by atoms with Gasteiger partial charge in [0.2, 0.25) is 5.76 Å². The Labute approximate surface area is 245 Å². The van der Waals surface area contributed by atoms with Crippen LogP contribution in [0.5, 0.6) is 5.75 Å². The molecule has 0 saturated heterocycles. The van der Waals surface area contributed by atoms with Gasteiger partial charge in [-0.3, -0.25) is 4.79 Å². The molecule has 2 aromatic carbocycles. The molecule has 0 heterocycles. The van der Waals surface area contributed by atoms with Gasteiger partial charge in [-0.2, -0.15) is 0 Å². The van der Waals surface area contributed by atoms with Crippen LogP contribution in [0, 0.1) is 0 Å². The lowest BCUT2D eigenvalue weighted by Gasteiger charge is -2.14. The van der Waals surface area contributed by atoms with Crippen LogP contribution in [0.25, 0.3) is 0 Å². The SMILES string of the molecule is CCCCCCCCCc1ccc(C(=O)Nc2ccccc2O/C(=C/C(=O)OCCCC)C(=O)OCCCC)cc1. The van der Waals surface area contributed by atoms with Gasteiger partial charge in [0.15, 0.2) is 5.75 Å². The monoisotopic (exact) mass is 565 g/mol. The van der Waals surface area contributed by atoms with Gasteiger partial charge in [-0.15, -0.1) is 0 Å². The normalized spacial score (nSPS) is 11.1. The number of esters is 2.